The number of aromatic amines is 1. The topological polar surface area (TPSA) is 78.4 Å². The maximum atomic E-state index is 13.6. The van der Waals surface area contributed by atoms with E-state index in [-0.39, 0.29) is 17.5 Å². The fourth-order valence-electron chi connectivity index (χ4n) is 5.41. The van der Waals surface area contributed by atoms with E-state index in [1.54, 1.807) is 0 Å². The summed E-state index contributed by atoms with van der Waals surface area (Å²) in [7, 11) is 0. The predicted octanol–water partition coefficient (Wildman–Crippen LogP) is 3.10. The summed E-state index contributed by atoms with van der Waals surface area (Å²) in [6.45, 7) is 2.88. The van der Waals surface area contributed by atoms with Crippen LogP contribution in [0.3, 0.4) is 0 Å². The summed E-state index contributed by atoms with van der Waals surface area (Å²) in [6.07, 6.45) is 4.22. The van der Waals surface area contributed by atoms with Crippen LogP contribution < -0.4 is 5.43 Å². The predicted molar refractivity (Wildman–Crippen MR) is 112 cm³/mol. The molecule has 2 aliphatic heterocycles. The SMILES string of the molecule is FC(F)(F)c1n[nH]cc1-c1nc2c(c3c1CCCC3)C1C(N3CCOCC3)=NNC1C=C2. The summed E-state index contributed by atoms with van der Waals surface area (Å²) in [5, 5.41) is 10.6. The van der Waals surface area contributed by atoms with Crippen LogP contribution in [0.1, 0.15) is 46.8 Å². The minimum Gasteiger partial charge on any atom is -0.378 e. The molecule has 2 N–H and O–H groups in total. The molecule has 32 heavy (non-hydrogen) atoms. The average molecular weight is 444 g/mol. The molecule has 0 saturated carbocycles. The molecule has 1 fully saturated rings. The molecule has 2 unspecified atom stereocenters. The number of H-pyrrole nitrogens is 1. The Morgan fingerprint density at radius 1 is 1.09 bits per heavy atom. The minimum atomic E-state index is -4.54. The van der Waals surface area contributed by atoms with Gasteiger partial charge < -0.3 is 15.1 Å². The second-order valence-electron chi connectivity index (χ2n) is 8.63. The van der Waals surface area contributed by atoms with Gasteiger partial charge in [0.1, 0.15) is 5.84 Å². The van der Waals surface area contributed by atoms with Gasteiger partial charge in [-0.3, -0.25) is 5.10 Å². The monoisotopic (exact) mass is 444 g/mol. The van der Waals surface area contributed by atoms with Gasteiger partial charge in [-0.05, 0) is 48.4 Å². The molecular formula is C22H23F3N6O. The van der Waals surface area contributed by atoms with E-state index in [0.29, 0.717) is 25.3 Å². The molecule has 168 valence electrons. The second kappa shape index (κ2) is 7.33. The first-order valence-corrected chi connectivity index (χ1v) is 11.0. The maximum Gasteiger partial charge on any atom is 0.435 e. The lowest BCUT2D eigenvalue weighted by Crippen LogP contribution is -2.44. The van der Waals surface area contributed by atoms with Crippen LogP contribution in [-0.2, 0) is 23.8 Å². The molecule has 6 rings (SSSR count). The fraction of sp³-hybridized carbons (Fsp3) is 0.500. The zero-order valence-corrected chi connectivity index (χ0v) is 17.4. The smallest absolute Gasteiger partial charge is 0.378 e. The standard InChI is InChI=1S/C22H23F3N6O/c23-22(24,25)20-14(11-26-29-20)19-13-4-2-1-3-12(13)17-15(27-19)5-6-16-18(17)21(30-28-16)31-7-9-32-10-8-31/h5-6,11,16,18,28H,1-4,7-10H2,(H,26,29). The van der Waals surface area contributed by atoms with E-state index in [2.05, 4.69) is 25.6 Å². The lowest BCUT2D eigenvalue weighted by Gasteiger charge is -2.35. The van der Waals surface area contributed by atoms with Crippen molar-refractivity contribution in [1.82, 2.24) is 25.5 Å². The Balaban J connectivity index is 1.51. The number of fused-ring (bicyclic) bond motifs is 5. The summed E-state index contributed by atoms with van der Waals surface area (Å²) in [5.41, 5.74) is 6.68. The van der Waals surface area contributed by atoms with E-state index in [1.165, 1.54) is 6.20 Å². The number of alkyl halides is 3. The Morgan fingerprint density at radius 3 is 2.66 bits per heavy atom. The summed E-state index contributed by atoms with van der Waals surface area (Å²) in [5.74, 6) is 0.985. The number of aromatic nitrogens is 3. The average Bonchev–Trinajstić information content (AvgIpc) is 3.46. The quantitative estimate of drug-likeness (QED) is 0.707. The number of hydrogen-bond donors (Lipinski definition) is 2. The van der Waals surface area contributed by atoms with Crippen molar-refractivity contribution >= 4 is 11.9 Å². The molecule has 2 atom stereocenters. The summed E-state index contributed by atoms with van der Waals surface area (Å²) >= 11 is 0. The number of amidine groups is 1. The molecule has 0 spiro atoms. The number of hydrazone groups is 1. The number of rotatable bonds is 1. The molecule has 0 amide bonds. The third kappa shape index (κ3) is 3.03. The van der Waals surface area contributed by atoms with Crippen LogP contribution in [0.2, 0.25) is 0 Å². The Labute approximate surface area is 182 Å². The van der Waals surface area contributed by atoms with Gasteiger partial charge in [0.05, 0.1) is 42.1 Å². The normalized spacial score (nSPS) is 24.5. The van der Waals surface area contributed by atoms with Gasteiger partial charge in [0.25, 0.3) is 0 Å². The van der Waals surface area contributed by atoms with Crippen LogP contribution in [0.5, 0.6) is 0 Å². The van der Waals surface area contributed by atoms with E-state index in [0.717, 1.165) is 60.6 Å². The van der Waals surface area contributed by atoms with Crippen LogP contribution >= 0.6 is 0 Å². The van der Waals surface area contributed by atoms with Crippen molar-refractivity contribution < 1.29 is 17.9 Å². The van der Waals surface area contributed by atoms with Crippen molar-refractivity contribution in [2.24, 2.45) is 5.10 Å². The van der Waals surface area contributed by atoms with Gasteiger partial charge in [0.2, 0.25) is 0 Å². The van der Waals surface area contributed by atoms with Crippen molar-refractivity contribution in [1.29, 1.82) is 0 Å². The van der Waals surface area contributed by atoms with E-state index in [9.17, 15) is 13.2 Å². The van der Waals surface area contributed by atoms with Crippen LogP contribution in [-0.4, -0.2) is 58.3 Å². The third-order valence-corrected chi connectivity index (χ3v) is 6.82. The van der Waals surface area contributed by atoms with Crippen LogP contribution in [0.4, 0.5) is 13.2 Å². The summed E-state index contributed by atoms with van der Waals surface area (Å²) in [4.78, 5) is 7.07. The van der Waals surface area contributed by atoms with Gasteiger partial charge in [-0.15, -0.1) is 0 Å². The Bertz CT molecular complexity index is 1120. The first-order chi connectivity index (χ1) is 15.5. The Hall–Kier alpha value is -2.88. The molecule has 0 bridgehead atoms. The largest absolute Gasteiger partial charge is 0.435 e. The molecule has 10 heteroatoms. The van der Waals surface area contributed by atoms with Gasteiger partial charge in [-0.25, -0.2) is 4.98 Å². The summed E-state index contributed by atoms with van der Waals surface area (Å²) < 4.78 is 46.3. The minimum absolute atomic E-state index is 0.00735. The molecule has 0 aromatic carbocycles. The van der Waals surface area contributed by atoms with Gasteiger partial charge in [-0.2, -0.15) is 23.4 Å². The zero-order chi connectivity index (χ0) is 21.9. The van der Waals surface area contributed by atoms with Crippen molar-refractivity contribution in [3.63, 3.8) is 0 Å². The fourth-order valence-corrected chi connectivity index (χ4v) is 5.41. The first kappa shape index (κ1) is 19.8. The van der Waals surface area contributed by atoms with E-state index in [4.69, 9.17) is 9.72 Å². The number of hydrogen-bond acceptors (Lipinski definition) is 6. The first-order valence-electron chi connectivity index (χ1n) is 11.0. The molecular weight excluding hydrogens is 421 g/mol. The van der Waals surface area contributed by atoms with Gasteiger partial charge >= 0.3 is 6.18 Å². The molecule has 2 aliphatic carbocycles. The number of nitrogens with zero attached hydrogens (tertiary/aromatic N) is 4. The lowest BCUT2D eigenvalue weighted by molar-refractivity contribution is -0.140. The van der Waals surface area contributed by atoms with Crippen molar-refractivity contribution in [2.45, 2.75) is 43.8 Å². The Kier molecular flexibility index (Phi) is 4.53. The Morgan fingerprint density at radius 2 is 1.88 bits per heavy atom. The number of pyridine rings is 1. The highest BCUT2D eigenvalue weighted by molar-refractivity contribution is 5.94. The molecule has 7 nitrogen and oxygen atoms in total. The number of morpholine rings is 1. The van der Waals surface area contributed by atoms with Crippen molar-refractivity contribution in [3.8, 4) is 11.3 Å². The molecule has 0 radical (unpaired) electrons. The van der Waals surface area contributed by atoms with E-state index >= 15 is 0 Å². The van der Waals surface area contributed by atoms with Gasteiger partial charge in [0, 0.05) is 19.3 Å². The maximum absolute atomic E-state index is 13.6. The van der Waals surface area contributed by atoms with Gasteiger partial charge in [0.15, 0.2) is 5.69 Å². The molecule has 2 aromatic heterocycles. The molecule has 4 heterocycles. The zero-order valence-electron chi connectivity index (χ0n) is 17.4. The molecule has 4 aliphatic rings. The van der Waals surface area contributed by atoms with Crippen molar-refractivity contribution in [3.05, 3.63) is 40.4 Å². The molecule has 2 aromatic rings. The van der Waals surface area contributed by atoms with Gasteiger partial charge in [-0.1, -0.05) is 6.08 Å². The molecule has 1 saturated heterocycles. The highest BCUT2D eigenvalue weighted by atomic mass is 19.4. The second-order valence-corrected chi connectivity index (χ2v) is 8.63. The van der Waals surface area contributed by atoms with Crippen LogP contribution in [0.15, 0.2) is 17.4 Å². The van der Waals surface area contributed by atoms with Crippen LogP contribution in [0, 0.1) is 0 Å². The van der Waals surface area contributed by atoms with E-state index in [1.807, 2.05) is 12.2 Å². The number of nitrogens with one attached hydrogen (secondary N) is 2. The van der Waals surface area contributed by atoms with E-state index < -0.39 is 11.9 Å². The van der Waals surface area contributed by atoms with Crippen LogP contribution in [0.25, 0.3) is 17.3 Å². The highest BCUT2D eigenvalue weighted by Crippen LogP contribution is 2.44. The highest BCUT2D eigenvalue weighted by Gasteiger charge is 2.43. The van der Waals surface area contributed by atoms with Crippen molar-refractivity contribution in [2.75, 3.05) is 26.3 Å². The summed E-state index contributed by atoms with van der Waals surface area (Å²) in [6, 6.07) is 0.0266. The number of halogens is 3. The lowest BCUT2D eigenvalue weighted by atomic mass is 9.76. The number of ether oxygens (including phenoxy) is 1. The third-order valence-electron chi connectivity index (χ3n) is 6.82.